The number of esters is 1. The molecule has 1 unspecified atom stereocenters. The molecule has 0 spiro atoms. The van der Waals surface area contributed by atoms with Crippen LogP contribution in [0.25, 0.3) is 22.4 Å². The van der Waals surface area contributed by atoms with E-state index in [4.69, 9.17) is 16.3 Å². The van der Waals surface area contributed by atoms with Gasteiger partial charge in [0.2, 0.25) is 0 Å². The summed E-state index contributed by atoms with van der Waals surface area (Å²) in [6.45, 7) is 3.64. The molecular weight excluding hydrogens is 409 g/mol. The van der Waals surface area contributed by atoms with Gasteiger partial charge in [-0.15, -0.1) is 0 Å². The lowest BCUT2D eigenvalue weighted by Gasteiger charge is -2.31. The van der Waals surface area contributed by atoms with E-state index in [1.54, 1.807) is 18.5 Å². The fourth-order valence-electron chi connectivity index (χ4n) is 3.84. The smallest absolute Gasteiger partial charge is 0.311 e. The minimum absolute atomic E-state index is 0.0681. The van der Waals surface area contributed by atoms with Crippen LogP contribution in [0.1, 0.15) is 39.5 Å². The number of carbonyl (C=O) groups excluding carboxylic acids is 1. The maximum Gasteiger partial charge on any atom is 0.311 e. The summed E-state index contributed by atoms with van der Waals surface area (Å²) in [4.78, 5) is 28.3. The summed E-state index contributed by atoms with van der Waals surface area (Å²) in [5.74, 6) is -0.759. The number of hydrogen-bond donors (Lipinski definition) is 2. The van der Waals surface area contributed by atoms with Gasteiger partial charge in [0.25, 0.3) is 0 Å². The SMILES string of the molecule is CC(C)OC(=O)[C@H]1CCCCC1Nc1nc(-c2c[nH]c3ncc(Cl)cc23)ncc1F. The molecule has 3 aromatic heterocycles. The molecule has 3 aromatic rings. The molecule has 1 aliphatic rings. The van der Waals surface area contributed by atoms with Gasteiger partial charge in [-0.3, -0.25) is 4.79 Å². The van der Waals surface area contributed by atoms with Crippen LogP contribution in [0.3, 0.4) is 0 Å². The molecule has 1 saturated carbocycles. The largest absolute Gasteiger partial charge is 0.463 e. The summed E-state index contributed by atoms with van der Waals surface area (Å²) in [7, 11) is 0. The highest BCUT2D eigenvalue weighted by molar-refractivity contribution is 6.31. The molecular formula is C21H23ClFN5O2. The number of ether oxygens (including phenoxy) is 1. The maximum atomic E-state index is 14.5. The number of nitrogens with one attached hydrogen (secondary N) is 2. The van der Waals surface area contributed by atoms with Gasteiger partial charge in [-0.25, -0.2) is 19.3 Å². The van der Waals surface area contributed by atoms with E-state index in [1.165, 1.54) is 0 Å². The minimum Gasteiger partial charge on any atom is -0.463 e. The Balaban J connectivity index is 1.63. The van der Waals surface area contributed by atoms with Gasteiger partial charge >= 0.3 is 5.97 Å². The standard InChI is InChI=1S/C21H23ClFN5O2/c1-11(2)30-21(29)13-5-3-4-6-17(13)27-20-16(23)10-26-19(28-20)15-9-25-18-14(15)7-12(22)8-24-18/h7-11,13,17H,3-6H2,1-2H3,(H,24,25)(H,26,27,28)/t13-,17?/m0/s1. The predicted molar refractivity (Wildman–Crippen MR) is 113 cm³/mol. The zero-order chi connectivity index (χ0) is 21.3. The van der Waals surface area contributed by atoms with Gasteiger partial charge in [0.15, 0.2) is 17.5 Å². The molecule has 0 amide bonds. The van der Waals surface area contributed by atoms with Crippen molar-refractivity contribution in [2.24, 2.45) is 5.92 Å². The Morgan fingerprint density at radius 3 is 2.90 bits per heavy atom. The molecule has 158 valence electrons. The summed E-state index contributed by atoms with van der Waals surface area (Å²) < 4.78 is 19.9. The first kappa shape index (κ1) is 20.5. The molecule has 0 saturated heterocycles. The number of hydrogen-bond acceptors (Lipinski definition) is 6. The Kier molecular flexibility index (Phi) is 5.85. The quantitative estimate of drug-likeness (QED) is 0.567. The van der Waals surface area contributed by atoms with Crippen LogP contribution in [0.2, 0.25) is 5.02 Å². The molecule has 1 aliphatic carbocycles. The van der Waals surface area contributed by atoms with Gasteiger partial charge in [0, 0.05) is 29.4 Å². The van der Waals surface area contributed by atoms with E-state index in [-0.39, 0.29) is 29.9 Å². The number of halogens is 2. The van der Waals surface area contributed by atoms with Crippen LogP contribution >= 0.6 is 11.6 Å². The summed E-state index contributed by atoms with van der Waals surface area (Å²) in [5, 5.41) is 4.37. The first-order valence-electron chi connectivity index (χ1n) is 10.0. The Labute approximate surface area is 178 Å². The molecule has 2 atom stereocenters. The third-order valence-electron chi connectivity index (χ3n) is 5.23. The van der Waals surface area contributed by atoms with Crippen molar-refractivity contribution >= 4 is 34.4 Å². The van der Waals surface area contributed by atoms with Crippen LogP contribution in [0.4, 0.5) is 10.2 Å². The lowest BCUT2D eigenvalue weighted by Crippen LogP contribution is -2.39. The summed E-state index contributed by atoms with van der Waals surface area (Å²) in [6, 6.07) is 1.51. The van der Waals surface area contributed by atoms with Crippen molar-refractivity contribution in [3.63, 3.8) is 0 Å². The van der Waals surface area contributed by atoms with Crippen LogP contribution in [0, 0.1) is 11.7 Å². The van der Waals surface area contributed by atoms with Gasteiger partial charge in [-0.1, -0.05) is 24.4 Å². The van der Waals surface area contributed by atoms with Crippen molar-refractivity contribution in [1.82, 2.24) is 19.9 Å². The fourth-order valence-corrected chi connectivity index (χ4v) is 4.00. The van der Waals surface area contributed by atoms with E-state index < -0.39 is 5.82 Å². The molecule has 1 fully saturated rings. The monoisotopic (exact) mass is 431 g/mol. The molecule has 0 radical (unpaired) electrons. The first-order chi connectivity index (χ1) is 14.4. The van der Waals surface area contributed by atoms with Crippen LogP contribution in [-0.4, -0.2) is 38.1 Å². The number of fused-ring (bicyclic) bond motifs is 1. The lowest BCUT2D eigenvalue weighted by molar-refractivity contribution is -0.153. The third kappa shape index (κ3) is 4.23. The van der Waals surface area contributed by atoms with E-state index >= 15 is 0 Å². The Morgan fingerprint density at radius 2 is 2.10 bits per heavy atom. The van der Waals surface area contributed by atoms with Gasteiger partial charge in [0.1, 0.15) is 5.65 Å². The molecule has 0 aromatic carbocycles. The molecule has 4 rings (SSSR count). The molecule has 0 aliphatic heterocycles. The minimum atomic E-state index is -0.573. The number of pyridine rings is 1. The van der Waals surface area contributed by atoms with Crippen molar-refractivity contribution < 1.29 is 13.9 Å². The maximum absolute atomic E-state index is 14.5. The van der Waals surface area contributed by atoms with Crippen LogP contribution < -0.4 is 5.32 Å². The lowest BCUT2D eigenvalue weighted by atomic mass is 9.84. The van der Waals surface area contributed by atoms with Crippen molar-refractivity contribution in [3.05, 3.63) is 35.5 Å². The molecule has 30 heavy (non-hydrogen) atoms. The van der Waals surface area contributed by atoms with E-state index in [0.29, 0.717) is 28.5 Å². The van der Waals surface area contributed by atoms with Crippen molar-refractivity contribution in [3.8, 4) is 11.4 Å². The number of rotatable bonds is 5. The number of aromatic nitrogens is 4. The van der Waals surface area contributed by atoms with Crippen molar-refractivity contribution in [1.29, 1.82) is 0 Å². The van der Waals surface area contributed by atoms with Gasteiger partial charge in [0.05, 0.1) is 23.2 Å². The number of H-pyrrole nitrogens is 1. The van der Waals surface area contributed by atoms with Gasteiger partial charge < -0.3 is 15.0 Å². The molecule has 0 bridgehead atoms. The number of anilines is 1. The Bertz CT molecular complexity index is 1070. The van der Waals surface area contributed by atoms with Gasteiger partial charge in [-0.05, 0) is 32.8 Å². The third-order valence-corrected chi connectivity index (χ3v) is 5.43. The molecule has 7 nitrogen and oxygen atoms in total. The number of carbonyl (C=O) groups is 1. The topological polar surface area (TPSA) is 92.8 Å². The second-order valence-electron chi connectivity index (χ2n) is 7.77. The van der Waals surface area contributed by atoms with E-state index in [0.717, 1.165) is 30.8 Å². The zero-order valence-electron chi connectivity index (χ0n) is 16.8. The number of nitrogens with zero attached hydrogens (tertiary/aromatic N) is 3. The van der Waals surface area contributed by atoms with E-state index in [2.05, 4.69) is 25.3 Å². The summed E-state index contributed by atoms with van der Waals surface area (Å²) in [6.07, 6.45) is 7.54. The average Bonchev–Trinajstić information content (AvgIpc) is 3.12. The molecule has 2 N–H and O–H groups in total. The van der Waals surface area contributed by atoms with Crippen molar-refractivity contribution in [2.45, 2.75) is 51.7 Å². The second-order valence-corrected chi connectivity index (χ2v) is 8.21. The molecule has 9 heteroatoms. The van der Waals surface area contributed by atoms with E-state index in [9.17, 15) is 9.18 Å². The number of aromatic amines is 1. The second kappa shape index (κ2) is 8.55. The Morgan fingerprint density at radius 1 is 1.30 bits per heavy atom. The normalized spacial score (nSPS) is 19.2. The highest BCUT2D eigenvalue weighted by atomic mass is 35.5. The predicted octanol–water partition coefficient (Wildman–Crippen LogP) is 4.73. The molecule has 3 heterocycles. The van der Waals surface area contributed by atoms with Crippen LogP contribution in [-0.2, 0) is 9.53 Å². The zero-order valence-corrected chi connectivity index (χ0v) is 17.5. The Hall–Kier alpha value is -2.74. The highest BCUT2D eigenvalue weighted by Gasteiger charge is 2.33. The van der Waals surface area contributed by atoms with Crippen LogP contribution in [0.5, 0.6) is 0 Å². The van der Waals surface area contributed by atoms with Gasteiger partial charge in [-0.2, -0.15) is 0 Å². The summed E-state index contributed by atoms with van der Waals surface area (Å²) >= 11 is 6.07. The van der Waals surface area contributed by atoms with Crippen LogP contribution in [0.15, 0.2) is 24.7 Å². The highest BCUT2D eigenvalue weighted by Crippen LogP contribution is 2.31. The van der Waals surface area contributed by atoms with E-state index in [1.807, 2.05) is 13.8 Å². The average molecular weight is 432 g/mol. The fraction of sp³-hybridized carbons (Fsp3) is 0.429. The summed E-state index contributed by atoms with van der Waals surface area (Å²) in [5.41, 5.74) is 1.31. The van der Waals surface area contributed by atoms with Crippen molar-refractivity contribution in [2.75, 3.05) is 5.32 Å². The first-order valence-corrected chi connectivity index (χ1v) is 10.4.